The average Bonchev–Trinajstić information content (AvgIpc) is 3.01. The molecule has 170 valence electrons. The van der Waals surface area contributed by atoms with E-state index in [1.807, 2.05) is 0 Å². The van der Waals surface area contributed by atoms with Crippen molar-refractivity contribution >= 4 is 29.3 Å². The second-order valence-corrected chi connectivity index (χ2v) is 8.38. The number of hydrogen-bond donors (Lipinski definition) is 0. The molecule has 2 aliphatic rings. The molecule has 0 N–H and O–H groups in total. The predicted octanol–water partition coefficient (Wildman–Crippen LogP) is 1.16. The molecule has 8 nitrogen and oxygen atoms in total. The van der Waals surface area contributed by atoms with Crippen LogP contribution in [0, 0.1) is 0 Å². The molecule has 0 spiro atoms. The number of benzene rings is 1. The first-order valence-corrected chi connectivity index (χ1v) is 10.9. The fraction of sp³-hybridized carbons (Fsp3) is 0.591. The number of carbonyl (C=O) groups is 3. The lowest BCUT2D eigenvalue weighted by Gasteiger charge is -2.36. The van der Waals surface area contributed by atoms with Crippen LogP contribution in [0.15, 0.2) is 24.3 Å². The van der Waals surface area contributed by atoms with E-state index in [0.717, 1.165) is 19.6 Å². The molecule has 1 unspecified atom stereocenters. The lowest BCUT2D eigenvalue weighted by atomic mass is 9.75. The van der Waals surface area contributed by atoms with Crippen LogP contribution in [-0.4, -0.2) is 99.1 Å². The largest absolute Gasteiger partial charge is 0.383 e. The summed E-state index contributed by atoms with van der Waals surface area (Å²) in [5, 5.41) is 0.384. The molecule has 0 bridgehead atoms. The Morgan fingerprint density at radius 2 is 1.68 bits per heavy atom. The van der Waals surface area contributed by atoms with Crippen LogP contribution in [0.3, 0.4) is 0 Å². The van der Waals surface area contributed by atoms with Crippen LogP contribution in [0.2, 0.25) is 5.02 Å². The summed E-state index contributed by atoms with van der Waals surface area (Å²) < 4.78 is 10.2. The third-order valence-corrected chi connectivity index (χ3v) is 6.44. The SMILES string of the molecule is COCCN1CCN(C(=O)CC2(c3ccccc3Cl)CC(=O)N(CCOC)C2=O)CC1. The van der Waals surface area contributed by atoms with E-state index in [1.165, 1.54) is 12.0 Å². The van der Waals surface area contributed by atoms with Crippen molar-refractivity contribution < 1.29 is 23.9 Å². The average molecular weight is 452 g/mol. The van der Waals surface area contributed by atoms with E-state index in [4.69, 9.17) is 21.1 Å². The Kier molecular flexibility index (Phi) is 8.05. The Morgan fingerprint density at radius 1 is 1.03 bits per heavy atom. The Hall–Kier alpha value is -2.00. The molecule has 2 saturated heterocycles. The Bertz CT molecular complexity index is 812. The smallest absolute Gasteiger partial charge is 0.241 e. The van der Waals surface area contributed by atoms with Crippen LogP contribution in [-0.2, 0) is 29.3 Å². The molecule has 0 saturated carbocycles. The minimum Gasteiger partial charge on any atom is -0.383 e. The van der Waals surface area contributed by atoms with E-state index < -0.39 is 5.41 Å². The summed E-state index contributed by atoms with van der Waals surface area (Å²) >= 11 is 6.45. The van der Waals surface area contributed by atoms with Crippen molar-refractivity contribution in [3.8, 4) is 0 Å². The number of hydrogen-bond acceptors (Lipinski definition) is 6. The molecule has 1 aromatic rings. The lowest BCUT2D eigenvalue weighted by Crippen LogP contribution is -2.51. The second-order valence-electron chi connectivity index (χ2n) is 7.97. The van der Waals surface area contributed by atoms with Gasteiger partial charge in [-0.25, -0.2) is 0 Å². The molecular formula is C22H30ClN3O5. The highest BCUT2D eigenvalue weighted by atomic mass is 35.5. The fourth-order valence-electron chi connectivity index (χ4n) is 4.31. The van der Waals surface area contributed by atoms with E-state index >= 15 is 0 Å². The third-order valence-electron chi connectivity index (χ3n) is 6.11. The summed E-state index contributed by atoms with van der Waals surface area (Å²) in [5.41, 5.74) is -0.755. The van der Waals surface area contributed by atoms with Crippen molar-refractivity contribution in [1.82, 2.24) is 14.7 Å². The summed E-state index contributed by atoms with van der Waals surface area (Å²) in [6.07, 6.45) is -0.151. The number of amides is 3. The van der Waals surface area contributed by atoms with Crippen LogP contribution >= 0.6 is 11.6 Å². The van der Waals surface area contributed by atoms with Gasteiger partial charge in [-0.2, -0.15) is 0 Å². The van der Waals surface area contributed by atoms with Gasteiger partial charge in [-0.15, -0.1) is 0 Å². The minimum absolute atomic E-state index is 0.0706. The highest BCUT2D eigenvalue weighted by Crippen LogP contribution is 2.43. The maximum atomic E-state index is 13.5. The van der Waals surface area contributed by atoms with Gasteiger partial charge in [0, 0.05) is 64.8 Å². The quantitative estimate of drug-likeness (QED) is 0.524. The van der Waals surface area contributed by atoms with Crippen molar-refractivity contribution in [2.45, 2.75) is 18.3 Å². The normalized spacial score (nSPS) is 22.4. The first kappa shape index (κ1) is 23.7. The molecule has 2 fully saturated rings. The van der Waals surface area contributed by atoms with Crippen molar-refractivity contribution in [3.63, 3.8) is 0 Å². The molecule has 3 rings (SSSR count). The van der Waals surface area contributed by atoms with Crippen molar-refractivity contribution in [2.24, 2.45) is 0 Å². The molecule has 2 heterocycles. The van der Waals surface area contributed by atoms with E-state index in [2.05, 4.69) is 4.90 Å². The molecule has 9 heteroatoms. The molecule has 0 aliphatic carbocycles. The number of likely N-dealkylation sites (tertiary alicyclic amines) is 1. The van der Waals surface area contributed by atoms with Crippen molar-refractivity contribution in [1.29, 1.82) is 0 Å². The zero-order chi connectivity index (χ0) is 22.4. The number of carbonyl (C=O) groups excluding carboxylic acids is 3. The van der Waals surface area contributed by atoms with Gasteiger partial charge in [0.2, 0.25) is 17.7 Å². The van der Waals surface area contributed by atoms with Gasteiger partial charge in [0.1, 0.15) is 0 Å². The lowest BCUT2D eigenvalue weighted by molar-refractivity contribution is -0.143. The van der Waals surface area contributed by atoms with Crippen LogP contribution in [0.1, 0.15) is 18.4 Å². The number of halogens is 1. The van der Waals surface area contributed by atoms with Crippen molar-refractivity contribution in [2.75, 3.05) is 66.7 Å². The molecule has 2 aliphatic heterocycles. The van der Waals surface area contributed by atoms with E-state index in [0.29, 0.717) is 30.3 Å². The zero-order valence-electron chi connectivity index (χ0n) is 18.1. The van der Waals surface area contributed by atoms with Crippen LogP contribution < -0.4 is 0 Å². The van der Waals surface area contributed by atoms with Gasteiger partial charge in [-0.3, -0.25) is 24.2 Å². The van der Waals surface area contributed by atoms with Crippen molar-refractivity contribution in [3.05, 3.63) is 34.9 Å². The molecule has 0 aromatic heterocycles. The first-order valence-electron chi connectivity index (χ1n) is 10.5. The second kappa shape index (κ2) is 10.5. The van der Waals surface area contributed by atoms with Gasteiger partial charge in [0.25, 0.3) is 0 Å². The maximum Gasteiger partial charge on any atom is 0.241 e. The monoisotopic (exact) mass is 451 g/mol. The number of nitrogens with zero attached hydrogens (tertiary/aromatic N) is 3. The molecule has 1 atom stereocenters. The van der Waals surface area contributed by atoms with Gasteiger partial charge >= 0.3 is 0 Å². The Balaban J connectivity index is 1.81. The van der Waals surface area contributed by atoms with E-state index in [-0.39, 0.29) is 43.7 Å². The summed E-state index contributed by atoms with van der Waals surface area (Å²) in [6.45, 7) is 4.54. The van der Waals surface area contributed by atoms with Gasteiger partial charge < -0.3 is 14.4 Å². The van der Waals surface area contributed by atoms with Gasteiger partial charge in [-0.1, -0.05) is 29.8 Å². The number of piperazine rings is 1. The van der Waals surface area contributed by atoms with Gasteiger partial charge in [0.15, 0.2) is 0 Å². The van der Waals surface area contributed by atoms with Crippen LogP contribution in [0.4, 0.5) is 0 Å². The predicted molar refractivity (Wildman–Crippen MR) is 116 cm³/mol. The third kappa shape index (κ3) is 5.09. The Morgan fingerprint density at radius 3 is 2.32 bits per heavy atom. The molecule has 1 aromatic carbocycles. The van der Waals surface area contributed by atoms with E-state index in [9.17, 15) is 14.4 Å². The maximum absolute atomic E-state index is 13.5. The number of imide groups is 1. The number of methoxy groups -OCH3 is 2. The molecule has 31 heavy (non-hydrogen) atoms. The number of ether oxygens (including phenoxy) is 2. The topological polar surface area (TPSA) is 79.4 Å². The summed E-state index contributed by atoms with van der Waals surface area (Å²) in [4.78, 5) is 44.7. The van der Waals surface area contributed by atoms with Gasteiger partial charge in [-0.05, 0) is 11.6 Å². The van der Waals surface area contributed by atoms with Crippen LogP contribution in [0.25, 0.3) is 0 Å². The minimum atomic E-state index is -1.28. The molecule has 0 radical (unpaired) electrons. The molecular weight excluding hydrogens is 422 g/mol. The number of rotatable bonds is 9. The summed E-state index contributed by atoms with van der Waals surface area (Å²) in [6, 6.07) is 6.97. The Labute approximate surface area is 188 Å². The molecule has 3 amide bonds. The highest BCUT2D eigenvalue weighted by molar-refractivity contribution is 6.32. The standard InChI is InChI=1S/C22H30ClN3O5/c1-30-13-11-24-7-9-25(10-8-24)19(27)15-22(17-5-3-4-6-18(17)23)16-20(28)26(21(22)29)12-14-31-2/h3-6H,7-16H2,1-2H3. The van der Waals surface area contributed by atoms with Gasteiger partial charge in [0.05, 0.1) is 25.2 Å². The zero-order valence-corrected chi connectivity index (χ0v) is 18.9. The summed E-state index contributed by atoms with van der Waals surface area (Å²) in [5.74, 6) is -0.824. The van der Waals surface area contributed by atoms with Crippen LogP contribution in [0.5, 0.6) is 0 Å². The van der Waals surface area contributed by atoms with E-state index in [1.54, 1.807) is 36.3 Å². The first-order chi connectivity index (χ1) is 14.9. The summed E-state index contributed by atoms with van der Waals surface area (Å²) in [7, 11) is 3.19. The fourth-order valence-corrected chi connectivity index (χ4v) is 4.63. The highest BCUT2D eigenvalue weighted by Gasteiger charge is 2.54.